The third-order valence-electron chi connectivity index (χ3n) is 4.41. The van der Waals surface area contributed by atoms with Crippen LogP contribution in [0, 0.1) is 0 Å². The predicted molar refractivity (Wildman–Crippen MR) is 97.4 cm³/mol. The number of hydrogen-bond acceptors (Lipinski definition) is 0. The van der Waals surface area contributed by atoms with E-state index in [1.807, 2.05) is 30.4 Å². The standard InChI is InChI=1S/C22H16F6/c23-21(24,25)19-12-18(13-20(14-19)22(26,27)28)17-10-8-16(9-11-17)15-6-4-2-1-3-5-7-15/h1-4,6,8-14H,5,7H2/b3-1-,4-2-,15-6+. The molecule has 0 unspecified atom stereocenters. The lowest BCUT2D eigenvalue weighted by Gasteiger charge is -2.15. The number of benzene rings is 2. The summed E-state index contributed by atoms with van der Waals surface area (Å²) in [7, 11) is 0. The zero-order chi connectivity index (χ0) is 20.4. The fraction of sp³-hybridized carbons (Fsp3) is 0.182. The maximum atomic E-state index is 13.0. The maximum absolute atomic E-state index is 13.0. The summed E-state index contributed by atoms with van der Waals surface area (Å²) in [5.74, 6) is 0. The highest BCUT2D eigenvalue weighted by Gasteiger charge is 2.36. The van der Waals surface area contributed by atoms with E-state index >= 15 is 0 Å². The fourth-order valence-electron chi connectivity index (χ4n) is 2.97. The molecule has 0 atom stereocenters. The first-order chi connectivity index (χ1) is 13.1. The highest BCUT2D eigenvalue weighted by atomic mass is 19.4. The van der Waals surface area contributed by atoms with Crippen LogP contribution in [0.4, 0.5) is 26.3 Å². The van der Waals surface area contributed by atoms with E-state index in [0.717, 1.165) is 36.1 Å². The Labute approximate surface area is 158 Å². The predicted octanol–water partition coefficient (Wildman–Crippen LogP) is 7.68. The summed E-state index contributed by atoms with van der Waals surface area (Å²) in [5, 5.41) is 0. The first-order valence-corrected chi connectivity index (χ1v) is 8.57. The van der Waals surface area contributed by atoms with Gasteiger partial charge < -0.3 is 0 Å². The minimum atomic E-state index is -4.86. The van der Waals surface area contributed by atoms with Crippen molar-refractivity contribution in [3.63, 3.8) is 0 Å². The summed E-state index contributed by atoms with van der Waals surface area (Å²) in [4.78, 5) is 0. The van der Waals surface area contributed by atoms with Crippen molar-refractivity contribution < 1.29 is 26.3 Å². The van der Waals surface area contributed by atoms with E-state index in [9.17, 15) is 26.3 Å². The molecule has 0 fully saturated rings. The molecule has 0 amide bonds. The Kier molecular flexibility index (Phi) is 5.49. The molecular weight excluding hydrogens is 378 g/mol. The second kappa shape index (κ2) is 7.70. The quantitative estimate of drug-likeness (QED) is 0.458. The molecule has 0 aliphatic heterocycles. The van der Waals surface area contributed by atoms with Crippen LogP contribution in [0.5, 0.6) is 0 Å². The Morgan fingerprint density at radius 2 is 1.18 bits per heavy atom. The Morgan fingerprint density at radius 3 is 1.75 bits per heavy atom. The molecule has 1 aliphatic carbocycles. The lowest BCUT2D eigenvalue weighted by molar-refractivity contribution is -0.143. The van der Waals surface area contributed by atoms with E-state index in [4.69, 9.17) is 0 Å². The van der Waals surface area contributed by atoms with Crippen molar-refractivity contribution in [2.45, 2.75) is 25.2 Å². The molecule has 28 heavy (non-hydrogen) atoms. The first kappa shape index (κ1) is 20.0. The molecule has 0 saturated heterocycles. The van der Waals surface area contributed by atoms with Crippen molar-refractivity contribution in [3.8, 4) is 11.1 Å². The number of hydrogen-bond donors (Lipinski definition) is 0. The van der Waals surface area contributed by atoms with Crippen molar-refractivity contribution in [1.29, 1.82) is 0 Å². The van der Waals surface area contributed by atoms with Gasteiger partial charge in [0.05, 0.1) is 11.1 Å². The lowest BCUT2D eigenvalue weighted by Crippen LogP contribution is -2.11. The third-order valence-corrected chi connectivity index (χ3v) is 4.41. The first-order valence-electron chi connectivity index (χ1n) is 8.57. The fourth-order valence-corrected chi connectivity index (χ4v) is 2.97. The van der Waals surface area contributed by atoms with E-state index in [1.165, 1.54) is 0 Å². The van der Waals surface area contributed by atoms with Crippen LogP contribution in [-0.2, 0) is 12.4 Å². The van der Waals surface area contributed by atoms with Gasteiger partial charge in [-0.05, 0) is 53.3 Å². The molecule has 0 radical (unpaired) electrons. The van der Waals surface area contributed by atoms with E-state index in [-0.39, 0.29) is 11.6 Å². The molecule has 0 saturated carbocycles. The van der Waals surface area contributed by atoms with Crippen molar-refractivity contribution in [2.24, 2.45) is 0 Å². The third kappa shape index (κ3) is 4.74. The number of rotatable bonds is 2. The van der Waals surface area contributed by atoms with Crippen molar-refractivity contribution in [1.82, 2.24) is 0 Å². The Hall–Kier alpha value is -2.76. The van der Waals surface area contributed by atoms with E-state index in [2.05, 4.69) is 0 Å². The van der Waals surface area contributed by atoms with Gasteiger partial charge in [0.1, 0.15) is 0 Å². The second-order valence-corrected chi connectivity index (χ2v) is 6.42. The van der Waals surface area contributed by atoms with E-state index in [1.54, 1.807) is 24.3 Å². The van der Waals surface area contributed by atoms with E-state index < -0.39 is 23.5 Å². The molecule has 146 valence electrons. The summed E-state index contributed by atoms with van der Waals surface area (Å²) in [6.07, 6.45) is 1.63. The SMILES string of the molecule is FC(F)(F)c1cc(-c2ccc(/C3=C/C=C\C=C/CC3)cc2)cc(C(F)(F)F)c1. The van der Waals surface area contributed by atoms with Crippen LogP contribution >= 0.6 is 0 Å². The summed E-state index contributed by atoms with van der Waals surface area (Å²) < 4.78 is 78.3. The van der Waals surface area contributed by atoms with E-state index in [0.29, 0.717) is 5.56 Å². The summed E-state index contributed by atoms with van der Waals surface area (Å²) in [5.41, 5.74) is -0.536. The van der Waals surface area contributed by atoms with Gasteiger partial charge in [-0.2, -0.15) is 26.3 Å². The van der Waals surface area contributed by atoms with Gasteiger partial charge in [-0.1, -0.05) is 54.6 Å². The normalized spacial score (nSPS) is 19.3. The van der Waals surface area contributed by atoms with Crippen LogP contribution in [0.3, 0.4) is 0 Å². The zero-order valence-corrected chi connectivity index (χ0v) is 14.6. The molecule has 0 spiro atoms. The Morgan fingerprint density at radius 1 is 0.607 bits per heavy atom. The maximum Gasteiger partial charge on any atom is 0.416 e. The molecule has 0 aromatic heterocycles. The Balaban J connectivity index is 1.99. The van der Waals surface area contributed by atoms with Crippen LogP contribution in [0.1, 0.15) is 29.5 Å². The van der Waals surface area contributed by atoms with Gasteiger partial charge in [0.25, 0.3) is 0 Å². The number of allylic oxidation sites excluding steroid dienone is 6. The van der Waals surface area contributed by atoms with Crippen molar-refractivity contribution in [3.05, 3.63) is 89.5 Å². The van der Waals surface area contributed by atoms with Crippen molar-refractivity contribution in [2.75, 3.05) is 0 Å². The minimum absolute atomic E-state index is 0.122. The molecule has 0 bridgehead atoms. The van der Waals surface area contributed by atoms with Crippen LogP contribution in [0.2, 0.25) is 0 Å². The summed E-state index contributed by atoms with van der Waals surface area (Å²) >= 11 is 0. The average Bonchev–Trinajstić information content (AvgIpc) is 2.60. The van der Waals surface area contributed by atoms with Gasteiger partial charge in [0.15, 0.2) is 0 Å². The molecule has 0 heterocycles. The van der Waals surface area contributed by atoms with Crippen LogP contribution < -0.4 is 0 Å². The van der Waals surface area contributed by atoms with Crippen LogP contribution in [-0.4, -0.2) is 0 Å². The molecule has 2 aromatic rings. The van der Waals surface area contributed by atoms with Crippen LogP contribution in [0.25, 0.3) is 16.7 Å². The Bertz CT molecular complexity index is 893. The number of halogens is 6. The monoisotopic (exact) mass is 394 g/mol. The topological polar surface area (TPSA) is 0 Å². The average molecular weight is 394 g/mol. The highest BCUT2D eigenvalue weighted by molar-refractivity contribution is 5.72. The van der Waals surface area contributed by atoms with Gasteiger partial charge in [0.2, 0.25) is 0 Å². The van der Waals surface area contributed by atoms with Crippen LogP contribution in [0.15, 0.2) is 72.8 Å². The molecule has 0 nitrogen and oxygen atoms in total. The van der Waals surface area contributed by atoms with Gasteiger partial charge in [-0.3, -0.25) is 0 Å². The van der Waals surface area contributed by atoms with Gasteiger partial charge >= 0.3 is 12.4 Å². The number of alkyl halides is 6. The largest absolute Gasteiger partial charge is 0.416 e. The van der Waals surface area contributed by atoms with Gasteiger partial charge in [0, 0.05) is 0 Å². The molecule has 0 N–H and O–H groups in total. The molecule has 3 rings (SSSR count). The van der Waals surface area contributed by atoms with Gasteiger partial charge in [-0.25, -0.2) is 0 Å². The smallest absolute Gasteiger partial charge is 0.166 e. The summed E-state index contributed by atoms with van der Waals surface area (Å²) in [6, 6.07) is 8.15. The minimum Gasteiger partial charge on any atom is -0.166 e. The van der Waals surface area contributed by atoms with Gasteiger partial charge in [-0.15, -0.1) is 0 Å². The molecule has 1 aliphatic rings. The molecule has 6 heteroatoms. The lowest BCUT2D eigenvalue weighted by atomic mass is 9.95. The zero-order valence-electron chi connectivity index (χ0n) is 14.6. The molecular formula is C22H16F6. The summed E-state index contributed by atoms with van der Waals surface area (Å²) in [6.45, 7) is 0. The highest BCUT2D eigenvalue weighted by Crippen LogP contribution is 2.38. The van der Waals surface area contributed by atoms with Crippen molar-refractivity contribution >= 4 is 5.57 Å². The molecule has 2 aromatic carbocycles. The second-order valence-electron chi connectivity index (χ2n) is 6.42.